The Kier molecular flexibility index (Phi) is 9.20. The summed E-state index contributed by atoms with van der Waals surface area (Å²) in [6.07, 6.45) is -2.06. The molecule has 1 saturated heterocycles. The molecule has 2 aliphatic carbocycles. The second-order valence-corrected chi connectivity index (χ2v) is 14.3. The minimum absolute atomic E-state index is 0.235. The number of rotatable bonds is 8. The number of carbonyl (C=O) groups excluding carboxylic acids is 4. The average Bonchev–Trinajstić information content (AvgIpc) is 2.94. The summed E-state index contributed by atoms with van der Waals surface area (Å²) in [5, 5.41) is 24.2. The van der Waals surface area contributed by atoms with Crippen LogP contribution in [-0.2, 0) is 39.9 Å². The number of hydrogen-bond acceptors (Lipinski definition) is 11. The number of aliphatic hydroxyl groups excluding tert-OH is 1. The fourth-order valence-corrected chi connectivity index (χ4v) is 8.25. The van der Waals surface area contributed by atoms with E-state index in [-0.39, 0.29) is 18.4 Å². The van der Waals surface area contributed by atoms with Crippen molar-refractivity contribution in [3.8, 4) is 0 Å². The largest absolute Gasteiger partial charge is 0.455 e. The highest BCUT2D eigenvalue weighted by atomic mass is 16.6. The molecule has 8 atom stereocenters. The first-order chi connectivity index (χ1) is 20.8. The molecule has 3 aliphatic rings. The van der Waals surface area contributed by atoms with E-state index in [9.17, 15) is 29.4 Å². The van der Waals surface area contributed by atoms with E-state index in [1.807, 2.05) is 32.8 Å². The van der Waals surface area contributed by atoms with Crippen LogP contribution < -0.4 is 0 Å². The number of ketones is 1. The molecule has 1 aromatic rings. The normalized spacial score (nSPS) is 37.2. The van der Waals surface area contributed by atoms with Crippen LogP contribution in [-0.4, -0.2) is 94.6 Å². The van der Waals surface area contributed by atoms with Crippen LogP contribution >= 0.6 is 0 Å². The number of hydrogen-bond donors (Lipinski definition) is 2. The van der Waals surface area contributed by atoms with Gasteiger partial charge in [0.05, 0.1) is 17.3 Å². The first-order valence-electron chi connectivity index (χ1n) is 15.3. The molecule has 11 heteroatoms. The molecule has 0 aromatic heterocycles. The van der Waals surface area contributed by atoms with Gasteiger partial charge in [0.25, 0.3) is 0 Å². The first-order valence-corrected chi connectivity index (χ1v) is 15.3. The van der Waals surface area contributed by atoms with Crippen molar-refractivity contribution in [1.29, 1.82) is 0 Å². The molecule has 2 saturated carbocycles. The Balaban J connectivity index is 1.72. The van der Waals surface area contributed by atoms with Gasteiger partial charge in [-0.25, -0.2) is 9.59 Å². The summed E-state index contributed by atoms with van der Waals surface area (Å²) < 4.78 is 23.6. The van der Waals surface area contributed by atoms with Crippen molar-refractivity contribution in [3.05, 3.63) is 48.0 Å². The van der Waals surface area contributed by atoms with Crippen molar-refractivity contribution in [3.63, 3.8) is 0 Å². The van der Waals surface area contributed by atoms with E-state index in [2.05, 4.69) is 6.58 Å². The van der Waals surface area contributed by atoms with Crippen molar-refractivity contribution in [2.75, 3.05) is 20.7 Å². The second kappa shape index (κ2) is 11.9. The van der Waals surface area contributed by atoms with Gasteiger partial charge in [0.1, 0.15) is 11.7 Å². The fraction of sp³-hybridized carbons (Fsp3) is 0.647. The topological polar surface area (TPSA) is 149 Å². The van der Waals surface area contributed by atoms with Gasteiger partial charge in [0, 0.05) is 31.2 Å². The van der Waals surface area contributed by atoms with Gasteiger partial charge in [-0.15, -0.1) is 6.58 Å². The quantitative estimate of drug-likeness (QED) is 0.248. The molecule has 45 heavy (non-hydrogen) atoms. The molecule has 1 aromatic carbocycles. The Morgan fingerprint density at radius 3 is 2.27 bits per heavy atom. The number of aliphatic hydroxyl groups is 2. The molecule has 0 amide bonds. The molecule has 1 heterocycles. The zero-order valence-corrected chi connectivity index (χ0v) is 27.5. The lowest BCUT2D eigenvalue weighted by Crippen LogP contribution is -2.87. The molecule has 3 fully saturated rings. The zero-order valence-electron chi connectivity index (χ0n) is 27.5. The number of Topliss-reactive ketones (excluding diaryl/α,β-unsaturated/α-hetero) is 1. The van der Waals surface area contributed by atoms with Crippen LogP contribution in [0.3, 0.4) is 0 Å². The van der Waals surface area contributed by atoms with E-state index in [1.54, 1.807) is 38.1 Å². The van der Waals surface area contributed by atoms with Gasteiger partial charge in [-0.1, -0.05) is 39.0 Å². The molecule has 1 aliphatic heterocycles. The smallest absolute Gasteiger partial charge is 0.344 e. The van der Waals surface area contributed by atoms with Gasteiger partial charge in [-0.2, -0.15) is 0 Å². The lowest BCUT2D eigenvalue weighted by molar-refractivity contribution is -0.371. The van der Waals surface area contributed by atoms with Crippen LogP contribution in [0.15, 0.2) is 36.9 Å². The summed E-state index contributed by atoms with van der Waals surface area (Å²) in [6.45, 7) is 13.3. The van der Waals surface area contributed by atoms with Crippen LogP contribution in [0.1, 0.15) is 76.7 Å². The van der Waals surface area contributed by atoms with Gasteiger partial charge < -0.3 is 34.1 Å². The van der Waals surface area contributed by atoms with Gasteiger partial charge >= 0.3 is 17.9 Å². The summed E-state index contributed by atoms with van der Waals surface area (Å²) in [6, 6.07) is 6.80. The fourth-order valence-electron chi connectivity index (χ4n) is 8.25. The molecule has 4 rings (SSSR count). The predicted molar refractivity (Wildman–Crippen MR) is 163 cm³/mol. The molecule has 0 radical (unpaired) electrons. The third kappa shape index (κ3) is 5.73. The van der Waals surface area contributed by atoms with Gasteiger partial charge in [0.2, 0.25) is 0 Å². The lowest BCUT2D eigenvalue weighted by Gasteiger charge is -2.71. The molecule has 0 spiro atoms. The van der Waals surface area contributed by atoms with E-state index in [0.29, 0.717) is 13.0 Å². The highest BCUT2D eigenvalue weighted by Crippen LogP contribution is 2.67. The maximum Gasteiger partial charge on any atom is 0.344 e. The Labute approximate surface area is 264 Å². The third-order valence-electron chi connectivity index (χ3n) is 10.3. The van der Waals surface area contributed by atoms with E-state index >= 15 is 0 Å². The van der Waals surface area contributed by atoms with Crippen molar-refractivity contribution >= 4 is 23.7 Å². The van der Waals surface area contributed by atoms with E-state index < -0.39 is 82.2 Å². The molecular formula is C34H47NO10. The zero-order chi connectivity index (χ0) is 33.8. The molecule has 248 valence electrons. The van der Waals surface area contributed by atoms with E-state index in [4.69, 9.17) is 18.9 Å². The minimum atomic E-state index is -2.35. The van der Waals surface area contributed by atoms with E-state index in [1.165, 1.54) is 19.9 Å². The summed E-state index contributed by atoms with van der Waals surface area (Å²) in [5.74, 6) is -3.91. The Hall–Kier alpha value is -3.12. The minimum Gasteiger partial charge on any atom is -0.455 e. The number of fused-ring (bicyclic) bond motifs is 3. The molecule has 11 nitrogen and oxygen atoms in total. The molecule has 2 N–H and O–H groups in total. The number of benzene rings is 1. The average molecular weight is 630 g/mol. The van der Waals surface area contributed by atoms with Crippen LogP contribution in [0.4, 0.5) is 0 Å². The van der Waals surface area contributed by atoms with Gasteiger partial charge in [-0.3, -0.25) is 9.59 Å². The highest BCUT2D eigenvalue weighted by Gasteiger charge is 2.82. The van der Waals surface area contributed by atoms with Crippen LogP contribution in [0.25, 0.3) is 0 Å². The Morgan fingerprint density at radius 1 is 1.09 bits per heavy atom. The van der Waals surface area contributed by atoms with Crippen LogP contribution in [0.5, 0.6) is 0 Å². The summed E-state index contributed by atoms with van der Waals surface area (Å²) >= 11 is 0. The second-order valence-electron chi connectivity index (χ2n) is 14.3. The van der Waals surface area contributed by atoms with Gasteiger partial charge in [-0.05, 0) is 63.9 Å². The SMILES string of the molecule is C=C[C@@]1(C)CC(=O)[C@]2(O)[C@@]3(C)[C@@H](O)CCC(C)(C)[C@@H]3[C@H](OC(=O)COC(=O)c3ccc(CN(C)C)cc3)[C@H](OC(C)=O)[C@@]2(C)O1. The lowest BCUT2D eigenvalue weighted by atomic mass is 9.39. The number of carbonyl (C=O) groups is 4. The summed E-state index contributed by atoms with van der Waals surface area (Å²) in [5.41, 5.74) is -6.67. The number of ether oxygens (including phenoxy) is 4. The number of nitrogens with zero attached hydrogens (tertiary/aromatic N) is 1. The van der Waals surface area contributed by atoms with Crippen molar-refractivity contribution in [2.45, 2.75) is 102 Å². The van der Waals surface area contributed by atoms with Crippen molar-refractivity contribution in [2.24, 2.45) is 16.7 Å². The summed E-state index contributed by atoms with van der Waals surface area (Å²) in [7, 11) is 3.86. The van der Waals surface area contributed by atoms with Crippen LogP contribution in [0.2, 0.25) is 0 Å². The van der Waals surface area contributed by atoms with Gasteiger partial charge in [0.15, 0.2) is 24.1 Å². The maximum absolute atomic E-state index is 14.1. The Morgan fingerprint density at radius 2 is 1.71 bits per heavy atom. The summed E-state index contributed by atoms with van der Waals surface area (Å²) in [4.78, 5) is 54.9. The van der Waals surface area contributed by atoms with E-state index in [0.717, 1.165) is 5.56 Å². The van der Waals surface area contributed by atoms with Crippen molar-refractivity contribution < 1.29 is 48.3 Å². The molecule has 0 bridgehead atoms. The monoisotopic (exact) mass is 629 g/mol. The predicted octanol–water partition coefficient (Wildman–Crippen LogP) is 2.99. The number of esters is 3. The third-order valence-corrected chi connectivity index (χ3v) is 10.3. The Bertz CT molecular complexity index is 1360. The molecule has 0 unspecified atom stereocenters. The first kappa shape index (κ1) is 34.7. The standard InChI is InChI=1S/C34H47NO10/c1-10-31(5)17-24(38)34(41)32(6)23(37)15-16-30(3,4)27(32)26(28(43-20(2)36)33(34,7)45-31)44-25(39)19-42-29(40)22-13-11-21(12-14-22)18-35(8)9/h10-14,23,26-28,37,41H,1,15-19H2,2-9H3/t23-,26-,27-,28-,31-,32-,33+,34-/m0/s1. The maximum atomic E-state index is 14.1. The molecular weight excluding hydrogens is 582 g/mol. The van der Waals surface area contributed by atoms with Crippen LogP contribution in [0, 0.1) is 16.7 Å². The van der Waals surface area contributed by atoms with Crippen molar-refractivity contribution in [1.82, 2.24) is 4.90 Å². The highest BCUT2D eigenvalue weighted by molar-refractivity contribution is 5.93.